The minimum atomic E-state index is -0.419. The van der Waals surface area contributed by atoms with Gasteiger partial charge in [-0.15, -0.1) is 0 Å². The Bertz CT molecular complexity index is 384. The number of fused-ring (bicyclic) bond motifs is 2. The minimum Gasteiger partial charge on any atom is -0.444 e. The maximum Gasteiger partial charge on any atom is 0.410 e. The molecule has 4 heteroatoms. The summed E-state index contributed by atoms with van der Waals surface area (Å²) in [4.78, 5) is 14.4. The predicted molar refractivity (Wildman–Crippen MR) is 78.7 cm³/mol. The second-order valence-electron chi connectivity index (χ2n) is 6.83. The van der Waals surface area contributed by atoms with Crippen molar-refractivity contribution in [3.8, 4) is 0 Å². The molecule has 0 saturated carbocycles. The lowest BCUT2D eigenvalue weighted by molar-refractivity contribution is 0.0154. The second-order valence-corrected chi connectivity index (χ2v) is 6.83. The van der Waals surface area contributed by atoms with Crippen LogP contribution in [0.1, 0.15) is 52.9 Å². The van der Waals surface area contributed by atoms with Crippen LogP contribution in [0.2, 0.25) is 0 Å². The van der Waals surface area contributed by atoms with Gasteiger partial charge in [-0.3, -0.25) is 0 Å². The van der Waals surface area contributed by atoms with Crippen molar-refractivity contribution in [1.82, 2.24) is 4.90 Å². The standard InChI is InChI=1S/C16H27NO3/c1-16(2,3)20-15(18)17-13-6-5-12(9-10-19-4)11-14(17)8-7-13/h9,13-14H,5-8,10-11H2,1-4H3. The number of hydrogen-bond acceptors (Lipinski definition) is 3. The largest absolute Gasteiger partial charge is 0.444 e. The van der Waals surface area contributed by atoms with Crippen molar-refractivity contribution in [2.45, 2.75) is 70.6 Å². The number of methoxy groups -OCH3 is 1. The van der Waals surface area contributed by atoms with Gasteiger partial charge in [0.2, 0.25) is 0 Å². The maximum absolute atomic E-state index is 12.4. The molecule has 0 radical (unpaired) electrons. The topological polar surface area (TPSA) is 38.8 Å². The van der Waals surface area contributed by atoms with Crippen LogP contribution in [0.5, 0.6) is 0 Å². The molecule has 114 valence electrons. The summed E-state index contributed by atoms with van der Waals surface area (Å²) in [7, 11) is 1.72. The number of amides is 1. The van der Waals surface area contributed by atoms with Gasteiger partial charge >= 0.3 is 6.09 Å². The summed E-state index contributed by atoms with van der Waals surface area (Å²) in [6, 6.07) is 0.656. The summed E-state index contributed by atoms with van der Waals surface area (Å²) in [6.45, 7) is 6.44. The van der Waals surface area contributed by atoms with Gasteiger partial charge in [0.15, 0.2) is 0 Å². The van der Waals surface area contributed by atoms with Crippen molar-refractivity contribution in [2.24, 2.45) is 0 Å². The highest BCUT2D eigenvalue weighted by molar-refractivity contribution is 5.69. The number of carbonyl (C=O) groups excluding carboxylic acids is 1. The third kappa shape index (κ3) is 3.75. The molecular weight excluding hydrogens is 254 g/mol. The lowest BCUT2D eigenvalue weighted by Gasteiger charge is -2.31. The summed E-state index contributed by atoms with van der Waals surface area (Å²) in [5, 5.41) is 0. The van der Waals surface area contributed by atoms with Crippen LogP contribution in [0.3, 0.4) is 0 Å². The molecule has 2 atom stereocenters. The second kappa shape index (κ2) is 6.17. The molecule has 0 aliphatic carbocycles. The summed E-state index contributed by atoms with van der Waals surface area (Å²) in [5.41, 5.74) is 1.00. The van der Waals surface area contributed by atoms with Crippen molar-refractivity contribution in [1.29, 1.82) is 0 Å². The molecule has 2 heterocycles. The molecule has 0 aromatic rings. The van der Waals surface area contributed by atoms with E-state index < -0.39 is 5.60 Å². The summed E-state index contributed by atoms with van der Waals surface area (Å²) < 4.78 is 10.7. The number of carbonyl (C=O) groups is 1. The molecule has 0 spiro atoms. The highest BCUT2D eigenvalue weighted by Crippen LogP contribution is 2.37. The average Bonchev–Trinajstić information content (AvgIpc) is 2.61. The van der Waals surface area contributed by atoms with Gasteiger partial charge in [0.05, 0.1) is 6.61 Å². The van der Waals surface area contributed by atoms with Gasteiger partial charge in [-0.05, 0) is 52.9 Å². The summed E-state index contributed by atoms with van der Waals surface area (Å²) >= 11 is 0. The Morgan fingerprint density at radius 2 is 2.00 bits per heavy atom. The van der Waals surface area contributed by atoms with Gasteiger partial charge in [0.1, 0.15) is 5.60 Å². The minimum absolute atomic E-state index is 0.141. The van der Waals surface area contributed by atoms with Crippen molar-refractivity contribution in [3.63, 3.8) is 0 Å². The Labute approximate surface area is 122 Å². The third-order valence-electron chi connectivity index (χ3n) is 4.06. The Morgan fingerprint density at radius 1 is 1.30 bits per heavy atom. The van der Waals surface area contributed by atoms with E-state index >= 15 is 0 Å². The summed E-state index contributed by atoms with van der Waals surface area (Å²) in [5.74, 6) is 0. The zero-order valence-corrected chi connectivity index (χ0v) is 13.1. The zero-order chi connectivity index (χ0) is 14.8. The Morgan fingerprint density at radius 3 is 2.65 bits per heavy atom. The third-order valence-corrected chi connectivity index (χ3v) is 4.06. The Kier molecular flexibility index (Phi) is 4.74. The number of rotatable bonds is 2. The van der Waals surface area contributed by atoms with Crippen LogP contribution in [0.4, 0.5) is 4.79 Å². The first-order valence-electron chi connectivity index (χ1n) is 7.59. The average molecular weight is 281 g/mol. The smallest absolute Gasteiger partial charge is 0.410 e. The van der Waals surface area contributed by atoms with Crippen LogP contribution in [-0.4, -0.2) is 42.4 Å². The number of ether oxygens (including phenoxy) is 2. The highest BCUT2D eigenvalue weighted by Gasteiger charge is 2.40. The Balaban J connectivity index is 2.06. The predicted octanol–water partition coefficient (Wildman–Crippen LogP) is 3.51. The molecule has 0 N–H and O–H groups in total. The van der Waals surface area contributed by atoms with E-state index in [-0.39, 0.29) is 6.09 Å². The van der Waals surface area contributed by atoms with Crippen molar-refractivity contribution < 1.29 is 14.3 Å². The van der Waals surface area contributed by atoms with Crippen LogP contribution in [0, 0.1) is 0 Å². The fourth-order valence-corrected chi connectivity index (χ4v) is 3.20. The van der Waals surface area contributed by atoms with E-state index in [1.165, 1.54) is 5.57 Å². The first kappa shape index (κ1) is 15.4. The lowest BCUT2D eigenvalue weighted by Crippen LogP contribution is -2.43. The molecule has 2 aliphatic heterocycles. The molecule has 1 amide bonds. The molecule has 0 aromatic heterocycles. The van der Waals surface area contributed by atoms with E-state index in [0.717, 1.165) is 32.1 Å². The van der Waals surface area contributed by atoms with Crippen LogP contribution < -0.4 is 0 Å². The molecular formula is C16H27NO3. The molecule has 2 saturated heterocycles. The van der Waals surface area contributed by atoms with E-state index in [4.69, 9.17) is 9.47 Å². The normalized spacial score (nSPS) is 28.6. The molecule has 2 rings (SSSR count). The van der Waals surface area contributed by atoms with E-state index in [9.17, 15) is 4.79 Å². The van der Waals surface area contributed by atoms with Gasteiger partial charge < -0.3 is 14.4 Å². The monoisotopic (exact) mass is 281 g/mol. The molecule has 4 nitrogen and oxygen atoms in total. The molecule has 0 aromatic carbocycles. The fraction of sp³-hybridized carbons (Fsp3) is 0.812. The van der Waals surface area contributed by atoms with Crippen molar-refractivity contribution in [3.05, 3.63) is 11.6 Å². The molecule has 2 unspecified atom stereocenters. The van der Waals surface area contributed by atoms with Crippen LogP contribution >= 0.6 is 0 Å². The van der Waals surface area contributed by atoms with E-state index in [2.05, 4.69) is 6.08 Å². The maximum atomic E-state index is 12.4. The van der Waals surface area contributed by atoms with Crippen LogP contribution in [0.25, 0.3) is 0 Å². The highest BCUT2D eigenvalue weighted by atomic mass is 16.6. The molecule has 20 heavy (non-hydrogen) atoms. The van der Waals surface area contributed by atoms with Gasteiger partial charge in [-0.1, -0.05) is 11.6 Å². The Hall–Kier alpha value is -1.03. The van der Waals surface area contributed by atoms with Gasteiger partial charge in [0.25, 0.3) is 0 Å². The first-order valence-corrected chi connectivity index (χ1v) is 7.59. The van der Waals surface area contributed by atoms with Crippen molar-refractivity contribution in [2.75, 3.05) is 13.7 Å². The van der Waals surface area contributed by atoms with Gasteiger partial charge in [-0.2, -0.15) is 0 Å². The number of nitrogens with zero attached hydrogens (tertiary/aromatic N) is 1. The van der Waals surface area contributed by atoms with Crippen molar-refractivity contribution >= 4 is 6.09 Å². The van der Waals surface area contributed by atoms with E-state index in [1.54, 1.807) is 7.11 Å². The van der Waals surface area contributed by atoms with Crippen LogP contribution in [0.15, 0.2) is 11.6 Å². The lowest BCUT2D eigenvalue weighted by atomic mass is 9.96. The van der Waals surface area contributed by atoms with Gasteiger partial charge in [0, 0.05) is 19.2 Å². The number of hydrogen-bond donors (Lipinski definition) is 0. The van der Waals surface area contributed by atoms with E-state index in [0.29, 0.717) is 18.7 Å². The van der Waals surface area contributed by atoms with Gasteiger partial charge in [-0.25, -0.2) is 4.79 Å². The summed E-state index contributed by atoms with van der Waals surface area (Å²) in [6.07, 6.45) is 7.33. The molecule has 2 fully saturated rings. The fourth-order valence-electron chi connectivity index (χ4n) is 3.20. The van der Waals surface area contributed by atoms with E-state index in [1.807, 2.05) is 25.7 Å². The van der Waals surface area contributed by atoms with Crippen LogP contribution in [-0.2, 0) is 9.47 Å². The molecule has 2 bridgehead atoms. The zero-order valence-electron chi connectivity index (χ0n) is 13.1. The SMILES string of the molecule is COCC=C1CCC2CCC(C1)N2C(=O)OC(C)(C)C. The quantitative estimate of drug-likeness (QED) is 0.727. The molecule has 2 aliphatic rings. The first-order chi connectivity index (χ1) is 9.40.